The SMILES string of the molecule is CNCC=Cc1cnc(OC)c(N)c1. The van der Waals surface area contributed by atoms with Gasteiger partial charge in [0.05, 0.1) is 12.8 Å². The van der Waals surface area contributed by atoms with Crippen LogP contribution in [0, 0.1) is 0 Å². The van der Waals surface area contributed by atoms with Gasteiger partial charge in [-0.25, -0.2) is 4.98 Å². The van der Waals surface area contributed by atoms with Crippen LogP contribution in [0.5, 0.6) is 5.88 Å². The molecule has 0 saturated heterocycles. The highest BCUT2D eigenvalue weighted by molar-refractivity contribution is 5.58. The van der Waals surface area contributed by atoms with E-state index in [-0.39, 0.29) is 0 Å². The molecule has 0 aliphatic rings. The summed E-state index contributed by atoms with van der Waals surface area (Å²) in [6.07, 6.45) is 5.68. The van der Waals surface area contributed by atoms with Crippen LogP contribution in [0.25, 0.3) is 6.08 Å². The lowest BCUT2D eigenvalue weighted by Gasteiger charge is -2.02. The first-order valence-corrected chi connectivity index (χ1v) is 4.38. The molecule has 14 heavy (non-hydrogen) atoms. The Labute approximate surface area is 83.8 Å². The molecule has 0 aromatic carbocycles. The van der Waals surface area contributed by atoms with Crippen LogP contribution in [0.2, 0.25) is 0 Å². The van der Waals surface area contributed by atoms with Gasteiger partial charge in [0.2, 0.25) is 5.88 Å². The summed E-state index contributed by atoms with van der Waals surface area (Å²) in [6, 6.07) is 1.83. The second-order valence-corrected chi connectivity index (χ2v) is 2.83. The maximum atomic E-state index is 5.70. The Morgan fingerprint density at radius 1 is 1.64 bits per heavy atom. The van der Waals surface area contributed by atoms with Crippen LogP contribution in [-0.2, 0) is 0 Å². The number of hydrogen-bond donors (Lipinski definition) is 2. The largest absolute Gasteiger partial charge is 0.480 e. The van der Waals surface area contributed by atoms with Crippen LogP contribution < -0.4 is 15.8 Å². The predicted molar refractivity (Wildman–Crippen MR) is 58.2 cm³/mol. The fourth-order valence-electron chi connectivity index (χ4n) is 1.06. The monoisotopic (exact) mass is 193 g/mol. The zero-order valence-electron chi connectivity index (χ0n) is 8.45. The minimum absolute atomic E-state index is 0.468. The fraction of sp³-hybridized carbons (Fsp3) is 0.300. The van der Waals surface area contributed by atoms with Gasteiger partial charge >= 0.3 is 0 Å². The third kappa shape index (κ3) is 2.74. The number of ether oxygens (including phenoxy) is 1. The van der Waals surface area contributed by atoms with Gasteiger partial charge in [-0.05, 0) is 18.7 Å². The van der Waals surface area contributed by atoms with Crippen LogP contribution in [0.15, 0.2) is 18.3 Å². The number of anilines is 1. The molecule has 1 rings (SSSR count). The molecule has 0 fully saturated rings. The Hall–Kier alpha value is -1.55. The summed E-state index contributed by atoms with van der Waals surface area (Å²) in [5.74, 6) is 0.468. The number of likely N-dealkylation sites (N-methyl/N-ethyl adjacent to an activating group) is 1. The lowest BCUT2D eigenvalue weighted by atomic mass is 10.2. The molecule has 0 unspecified atom stereocenters. The normalized spacial score (nSPS) is 10.7. The molecule has 4 heteroatoms. The van der Waals surface area contributed by atoms with Gasteiger partial charge in [0.25, 0.3) is 0 Å². The van der Waals surface area contributed by atoms with E-state index >= 15 is 0 Å². The molecule has 3 N–H and O–H groups in total. The summed E-state index contributed by atoms with van der Waals surface area (Å²) in [5, 5.41) is 3.01. The minimum Gasteiger partial charge on any atom is -0.480 e. The first-order valence-electron chi connectivity index (χ1n) is 4.38. The molecule has 1 heterocycles. The number of nitrogen functional groups attached to an aromatic ring is 1. The van der Waals surface area contributed by atoms with E-state index in [0.29, 0.717) is 11.6 Å². The number of nitrogens with zero attached hydrogens (tertiary/aromatic N) is 1. The molecular weight excluding hydrogens is 178 g/mol. The highest BCUT2D eigenvalue weighted by Gasteiger charge is 1.99. The first-order chi connectivity index (χ1) is 6.77. The summed E-state index contributed by atoms with van der Waals surface area (Å²) in [7, 11) is 3.44. The Bertz CT molecular complexity index is 323. The van der Waals surface area contributed by atoms with E-state index in [2.05, 4.69) is 10.3 Å². The van der Waals surface area contributed by atoms with Gasteiger partial charge in [-0.15, -0.1) is 0 Å². The molecule has 0 saturated carbocycles. The van der Waals surface area contributed by atoms with Crippen molar-refractivity contribution >= 4 is 11.8 Å². The second-order valence-electron chi connectivity index (χ2n) is 2.83. The summed E-state index contributed by atoms with van der Waals surface area (Å²) in [6.45, 7) is 0.825. The smallest absolute Gasteiger partial charge is 0.236 e. The summed E-state index contributed by atoms with van der Waals surface area (Å²) in [5.41, 5.74) is 7.22. The van der Waals surface area contributed by atoms with Gasteiger partial charge in [0.15, 0.2) is 0 Å². The Kier molecular flexibility index (Phi) is 3.94. The van der Waals surface area contributed by atoms with Gasteiger partial charge in [0, 0.05) is 12.7 Å². The molecule has 0 bridgehead atoms. The maximum Gasteiger partial charge on any atom is 0.236 e. The van der Waals surface area contributed by atoms with Crippen molar-refractivity contribution in [2.45, 2.75) is 0 Å². The minimum atomic E-state index is 0.468. The average molecular weight is 193 g/mol. The van der Waals surface area contributed by atoms with Crippen molar-refractivity contribution in [1.29, 1.82) is 0 Å². The van der Waals surface area contributed by atoms with E-state index in [1.807, 2.05) is 25.3 Å². The topological polar surface area (TPSA) is 60.2 Å². The second kappa shape index (κ2) is 5.24. The number of rotatable bonds is 4. The van der Waals surface area contributed by atoms with Crippen molar-refractivity contribution in [3.05, 3.63) is 23.9 Å². The zero-order valence-corrected chi connectivity index (χ0v) is 8.45. The van der Waals surface area contributed by atoms with Crippen molar-refractivity contribution in [1.82, 2.24) is 10.3 Å². The molecule has 0 spiro atoms. The highest BCUT2D eigenvalue weighted by Crippen LogP contribution is 2.18. The number of nitrogens with one attached hydrogen (secondary N) is 1. The van der Waals surface area contributed by atoms with Gasteiger partial charge < -0.3 is 15.8 Å². The number of nitrogens with two attached hydrogens (primary N) is 1. The van der Waals surface area contributed by atoms with Gasteiger partial charge in [-0.3, -0.25) is 0 Å². The lowest BCUT2D eigenvalue weighted by Crippen LogP contribution is -2.03. The molecule has 0 aliphatic carbocycles. The maximum absolute atomic E-state index is 5.70. The number of pyridine rings is 1. The van der Waals surface area contributed by atoms with E-state index in [0.717, 1.165) is 12.1 Å². The third-order valence-corrected chi connectivity index (χ3v) is 1.73. The zero-order chi connectivity index (χ0) is 10.4. The first kappa shape index (κ1) is 10.5. The third-order valence-electron chi connectivity index (χ3n) is 1.73. The molecule has 1 aromatic rings. The molecule has 0 radical (unpaired) electrons. The molecule has 76 valence electrons. The Balaban J connectivity index is 2.76. The van der Waals surface area contributed by atoms with Crippen molar-refractivity contribution in [2.24, 2.45) is 0 Å². The van der Waals surface area contributed by atoms with Crippen LogP contribution in [-0.4, -0.2) is 25.7 Å². The fourth-order valence-corrected chi connectivity index (χ4v) is 1.06. The van der Waals surface area contributed by atoms with Crippen LogP contribution in [0.3, 0.4) is 0 Å². The van der Waals surface area contributed by atoms with E-state index < -0.39 is 0 Å². The van der Waals surface area contributed by atoms with Gasteiger partial charge in [-0.2, -0.15) is 0 Å². The summed E-state index contributed by atoms with van der Waals surface area (Å²) >= 11 is 0. The quantitative estimate of drug-likeness (QED) is 0.746. The van der Waals surface area contributed by atoms with E-state index in [4.69, 9.17) is 10.5 Å². The lowest BCUT2D eigenvalue weighted by molar-refractivity contribution is 0.400. The molecule has 1 aromatic heterocycles. The van der Waals surface area contributed by atoms with Crippen molar-refractivity contribution in [3.8, 4) is 5.88 Å². The Morgan fingerprint density at radius 3 is 3.00 bits per heavy atom. The van der Waals surface area contributed by atoms with Crippen molar-refractivity contribution < 1.29 is 4.74 Å². The summed E-state index contributed by atoms with van der Waals surface area (Å²) in [4.78, 5) is 4.06. The molecule has 0 aliphatic heterocycles. The standard InChI is InChI=1S/C10H15N3O/c1-12-5-3-4-8-6-9(11)10(14-2)13-7-8/h3-4,6-7,12H,5,11H2,1-2H3. The molecule has 4 nitrogen and oxygen atoms in total. The van der Waals surface area contributed by atoms with Crippen LogP contribution >= 0.6 is 0 Å². The van der Waals surface area contributed by atoms with Crippen LogP contribution in [0.1, 0.15) is 5.56 Å². The average Bonchev–Trinajstić information content (AvgIpc) is 2.18. The van der Waals surface area contributed by atoms with Crippen LogP contribution in [0.4, 0.5) is 5.69 Å². The van der Waals surface area contributed by atoms with Gasteiger partial charge in [-0.1, -0.05) is 12.2 Å². The van der Waals surface area contributed by atoms with E-state index in [1.54, 1.807) is 13.3 Å². The molecular formula is C10H15N3O. The number of methoxy groups -OCH3 is 1. The molecule has 0 atom stereocenters. The predicted octanol–water partition coefficient (Wildman–Crippen LogP) is 0.905. The van der Waals surface area contributed by atoms with Crippen molar-refractivity contribution in [2.75, 3.05) is 26.4 Å². The Morgan fingerprint density at radius 2 is 2.43 bits per heavy atom. The highest BCUT2D eigenvalue weighted by atomic mass is 16.5. The van der Waals surface area contributed by atoms with E-state index in [9.17, 15) is 0 Å². The van der Waals surface area contributed by atoms with E-state index in [1.165, 1.54) is 0 Å². The number of aromatic nitrogens is 1. The van der Waals surface area contributed by atoms with Gasteiger partial charge in [0.1, 0.15) is 0 Å². The van der Waals surface area contributed by atoms with Crippen molar-refractivity contribution in [3.63, 3.8) is 0 Å². The number of hydrogen-bond acceptors (Lipinski definition) is 4. The molecule has 0 amide bonds. The summed E-state index contributed by atoms with van der Waals surface area (Å²) < 4.78 is 4.95.